The fourth-order valence-corrected chi connectivity index (χ4v) is 4.40. The maximum Gasteiger partial charge on any atom is 0.162 e. The Balaban J connectivity index is 1.49. The first-order chi connectivity index (χ1) is 14.2. The summed E-state index contributed by atoms with van der Waals surface area (Å²) in [6.07, 6.45) is 4.48. The second-order valence-corrected chi connectivity index (χ2v) is 8.36. The van der Waals surface area contributed by atoms with Crippen LogP contribution in [0.2, 0.25) is 1.41 Å². The highest BCUT2D eigenvalue weighted by Gasteiger charge is 2.24. The number of hydrogen-bond donors (Lipinski definition) is 3. The minimum absolute atomic E-state index is 0.258. The lowest BCUT2D eigenvalue weighted by atomic mass is 10.0. The Kier molecular flexibility index (Phi) is 4.61. The van der Waals surface area contributed by atoms with E-state index in [0.717, 1.165) is 51.2 Å². The van der Waals surface area contributed by atoms with Crippen LogP contribution < -0.4 is 10.6 Å². The smallest absolute Gasteiger partial charge is 0.162 e. The van der Waals surface area contributed by atoms with Crippen molar-refractivity contribution in [1.82, 2.24) is 20.2 Å². The molecule has 0 saturated carbocycles. The second kappa shape index (κ2) is 7.70. The summed E-state index contributed by atoms with van der Waals surface area (Å²) in [7, 11) is 0. The zero-order valence-electron chi connectivity index (χ0n) is 16.7. The number of fused-ring (bicyclic) bond motifs is 2. The third-order valence-electron chi connectivity index (χ3n) is 5.49. The number of aromatic amines is 1. The van der Waals surface area contributed by atoms with Crippen LogP contribution in [0.15, 0.2) is 46.9 Å². The van der Waals surface area contributed by atoms with E-state index >= 15 is 0 Å². The number of imidazole rings is 1. The van der Waals surface area contributed by atoms with Gasteiger partial charge in [0.15, 0.2) is 1.41 Å². The number of anilines is 1. The molecular formula is C22H24BrN5. The topological polar surface area (TPSA) is 56.0 Å². The molecule has 28 heavy (non-hydrogen) atoms. The molecule has 1 saturated heterocycles. The number of hydrogen-bond acceptors (Lipinski definition) is 4. The first-order valence-electron chi connectivity index (χ1n) is 10.3. The Morgan fingerprint density at radius 3 is 2.93 bits per heavy atom. The van der Waals surface area contributed by atoms with Crippen LogP contribution in [0.25, 0.3) is 22.7 Å². The van der Waals surface area contributed by atoms with Crippen molar-refractivity contribution in [1.29, 1.82) is 0 Å². The molecule has 3 heterocycles. The van der Waals surface area contributed by atoms with Gasteiger partial charge in [0.1, 0.15) is 12.0 Å². The highest BCUT2D eigenvalue weighted by atomic mass is 79.9. The van der Waals surface area contributed by atoms with Gasteiger partial charge in [0.2, 0.25) is 0 Å². The zero-order valence-corrected chi connectivity index (χ0v) is 17.2. The van der Waals surface area contributed by atoms with Crippen molar-refractivity contribution in [3.8, 4) is 0 Å². The van der Waals surface area contributed by atoms with Gasteiger partial charge in [-0.05, 0) is 67.9 Å². The van der Waals surface area contributed by atoms with Crippen molar-refractivity contribution in [2.75, 3.05) is 31.5 Å². The highest BCUT2D eigenvalue weighted by molar-refractivity contribution is 9.10. The van der Waals surface area contributed by atoms with Gasteiger partial charge < -0.3 is 15.2 Å². The quantitative estimate of drug-likeness (QED) is 0.555. The third kappa shape index (κ3) is 3.60. The normalized spacial score (nSPS) is 20.3. The summed E-state index contributed by atoms with van der Waals surface area (Å²) in [6, 6.07) is 14.1. The Morgan fingerprint density at radius 1 is 1.21 bits per heavy atom. The number of aromatic nitrogens is 2. The zero-order chi connectivity index (χ0) is 19.8. The van der Waals surface area contributed by atoms with Crippen LogP contribution >= 0.6 is 15.9 Å². The monoisotopic (exact) mass is 438 g/mol. The van der Waals surface area contributed by atoms with Crippen LogP contribution in [0.3, 0.4) is 0 Å². The summed E-state index contributed by atoms with van der Waals surface area (Å²) < 4.78 is 9.85. The van der Waals surface area contributed by atoms with E-state index in [0.29, 0.717) is 0 Å². The van der Waals surface area contributed by atoms with Crippen molar-refractivity contribution in [2.24, 2.45) is 0 Å². The van der Waals surface area contributed by atoms with Gasteiger partial charge in [-0.2, -0.15) is 0 Å². The molecule has 0 bridgehead atoms. The molecule has 1 unspecified atom stereocenters. The van der Waals surface area contributed by atoms with Gasteiger partial charge in [-0.1, -0.05) is 28.1 Å². The van der Waals surface area contributed by atoms with E-state index < -0.39 is 0 Å². The van der Waals surface area contributed by atoms with E-state index in [2.05, 4.69) is 43.3 Å². The Hall–Kier alpha value is -2.15. The Bertz CT molecular complexity index is 1020. The van der Waals surface area contributed by atoms with Crippen molar-refractivity contribution in [3.05, 3.63) is 58.3 Å². The lowest BCUT2D eigenvalue weighted by molar-refractivity contribution is 0.334. The number of halogens is 1. The highest BCUT2D eigenvalue weighted by Crippen LogP contribution is 2.33. The number of H-pyrrole nitrogens is 1. The average Bonchev–Trinajstić information content (AvgIpc) is 3.38. The summed E-state index contributed by atoms with van der Waals surface area (Å²) in [4.78, 5) is 10.7. The molecule has 0 radical (unpaired) electrons. The molecule has 0 aliphatic carbocycles. The van der Waals surface area contributed by atoms with Crippen molar-refractivity contribution < 1.29 is 1.41 Å². The predicted molar refractivity (Wildman–Crippen MR) is 119 cm³/mol. The van der Waals surface area contributed by atoms with Crippen LogP contribution in [0.5, 0.6) is 0 Å². The minimum Gasteiger partial charge on any atom is -0.365 e. The van der Waals surface area contributed by atoms with E-state index in [4.69, 9.17) is 6.40 Å². The van der Waals surface area contributed by atoms with Gasteiger partial charge in [0.25, 0.3) is 0 Å². The first-order valence-corrected chi connectivity index (χ1v) is 10.7. The van der Waals surface area contributed by atoms with Crippen LogP contribution in [-0.4, -0.2) is 47.2 Å². The molecule has 3 N–H and O–H groups in total. The standard InChI is InChI=1S/C22H24BrN5/c23-16-7-8-18-15(13-16)14-17(22-26-19-5-1-2-6-20(19)27-22)21(25-18)24-9-12-28-10-3-4-11-28/h1-2,5-8,13-14,21,24-25H,3-4,9-12H2,(H,26,27)/i/hD. The Morgan fingerprint density at radius 2 is 2.07 bits per heavy atom. The van der Waals surface area contributed by atoms with Crippen LogP contribution in [0.4, 0.5) is 5.69 Å². The van der Waals surface area contributed by atoms with Crippen LogP contribution in [-0.2, 0) is 0 Å². The summed E-state index contributed by atoms with van der Waals surface area (Å²) in [5, 5.41) is 5.18. The van der Waals surface area contributed by atoms with Gasteiger partial charge in [-0.25, -0.2) is 4.98 Å². The fourth-order valence-electron chi connectivity index (χ4n) is 4.02. The molecule has 3 aromatic rings. The molecule has 5 nitrogen and oxygen atoms in total. The van der Waals surface area contributed by atoms with Crippen molar-refractivity contribution in [2.45, 2.75) is 19.0 Å². The molecule has 5 rings (SSSR count). The molecule has 2 aromatic carbocycles. The van der Waals surface area contributed by atoms with Crippen LogP contribution in [0, 0.1) is 0 Å². The van der Waals surface area contributed by atoms with E-state index in [9.17, 15) is 0 Å². The van der Waals surface area contributed by atoms with E-state index in [-0.39, 0.29) is 6.17 Å². The molecular weight excluding hydrogens is 414 g/mol. The molecule has 0 amide bonds. The molecule has 2 aliphatic heterocycles. The lowest BCUT2D eigenvalue weighted by Gasteiger charge is -2.29. The number of para-hydroxylation sites is 2. The number of nitrogens with one attached hydrogen (secondary N) is 3. The summed E-state index contributed by atoms with van der Waals surface area (Å²) >= 11 is 3.56. The molecule has 2 aliphatic rings. The number of rotatable bonds is 5. The van der Waals surface area contributed by atoms with Crippen molar-refractivity contribution in [3.63, 3.8) is 0 Å². The molecule has 1 atom stereocenters. The van der Waals surface area contributed by atoms with E-state index in [1.807, 2.05) is 36.4 Å². The number of likely N-dealkylation sites (tertiary alicyclic amines) is 1. The third-order valence-corrected chi connectivity index (χ3v) is 5.98. The van der Waals surface area contributed by atoms with E-state index in [1.165, 1.54) is 25.9 Å². The van der Waals surface area contributed by atoms with Gasteiger partial charge in [-0.3, -0.25) is 5.32 Å². The lowest BCUT2D eigenvalue weighted by Crippen LogP contribution is -2.42. The summed E-state index contributed by atoms with van der Waals surface area (Å²) in [5.74, 6) is 0.813. The fraction of sp³-hybridized carbons (Fsp3) is 0.318. The van der Waals surface area contributed by atoms with Gasteiger partial charge in [0.05, 0.1) is 11.0 Å². The second-order valence-electron chi connectivity index (χ2n) is 7.44. The maximum atomic E-state index is 8.84. The molecule has 0 spiro atoms. The molecule has 6 heteroatoms. The first kappa shape index (κ1) is 16.8. The Labute approximate surface area is 174 Å². The van der Waals surface area contributed by atoms with Crippen molar-refractivity contribution >= 4 is 44.3 Å². The SMILES string of the molecule is [2H]N1c2ccc(Br)cc2C=C(c2nc3ccccc3[nH]2)C1NCCN1CCCC1. The average molecular weight is 439 g/mol. The molecule has 1 fully saturated rings. The number of benzene rings is 2. The van der Waals surface area contributed by atoms with Gasteiger partial charge >= 0.3 is 0 Å². The van der Waals surface area contributed by atoms with E-state index in [1.54, 1.807) is 5.31 Å². The minimum atomic E-state index is -0.258. The number of nitrogens with zero attached hydrogens (tertiary/aromatic N) is 2. The molecule has 144 valence electrons. The predicted octanol–water partition coefficient (Wildman–Crippen LogP) is 4.30. The molecule has 1 aromatic heterocycles. The van der Waals surface area contributed by atoms with Gasteiger partial charge in [-0.15, -0.1) is 0 Å². The summed E-state index contributed by atoms with van der Waals surface area (Å²) in [5.41, 5.74) is 4.85. The summed E-state index contributed by atoms with van der Waals surface area (Å²) in [6.45, 7) is 4.20. The maximum absolute atomic E-state index is 8.84. The largest absolute Gasteiger partial charge is 0.365 e. The van der Waals surface area contributed by atoms with Crippen LogP contribution in [0.1, 0.15) is 24.2 Å². The van der Waals surface area contributed by atoms with Gasteiger partial charge in [0, 0.05) is 28.8 Å².